The summed E-state index contributed by atoms with van der Waals surface area (Å²) in [7, 11) is 0. The Morgan fingerprint density at radius 1 is 1.33 bits per heavy atom. The third-order valence-electron chi connectivity index (χ3n) is 3.61. The molecule has 1 atom stereocenters. The fourth-order valence-electron chi connectivity index (χ4n) is 2.29. The number of nitrogens with one attached hydrogen (secondary N) is 2. The molecule has 5 nitrogen and oxygen atoms in total. The summed E-state index contributed by atoms with van der Waals surface area (Å²) in [5.74, 6) is 2.53. The lowest BCUT2D eigenvalue weighted by atomic mass is 10.1. The van der Waals surface area contributed by atoms with E-state index >= 15 is 0 Å². The SMILES string of the molecule is CCNC(=NCC1(O)CCSC1)NCCOCc1ccccc1.I. The number of hydrogen-bond acceptors (Lipinski definition) is 4. The maximum Gasteiger partial charge on any atom is 0.191 e. The highest BCUT2D eigenvalue weighted by molar-refractivity contribution is 14.0. The van der Waals surface area contributed by atoms with Crippen molar-refractivity contribution in [1.29, 1.82) is 0 Å². The first-order valence-electron chi connectivity index (χ1n) is 8.16. The molecule has 1 aromatic carbocycles. The van der Waals surface area contributed by atoms with Crippen LogP contribution in [-0.2, 0) is 11.3 Å². The van der Waals surface area contributed by atoms with E-state index in [1.807, 2.05) is 25.1 Å². The molecule has 0 radical (unpaired) electrons. The average molecular weight is 465 g/mol. The largest absolute Gasteiger partial charge is 0.387 e. The predicted octanol–water partition coefficient (Wildman–Crippen LogP) is 2.24. The quantitative estimate of drug-likeness (QED) is 0.238. The Kier molecular flexibility index (Phi) is 10.7. The number of rotatable bonds is 8. The lowest BCUT2D eigenvalue weighted by Gasteiger charge is -2.19. The summed E-state index contributed by atoms with van der Waals surface area (Å²) < 4.78 is 5.65. The van der Waals surface area contributed by atoms with Gasteiger partial charge in [-0.3, -0.25) is 4.99 Å². The lowest BCUT2D eigenvalue weighted by Crippen LogP contribution is -2.41. The van der Waals surface area contributed by atoms with Crippen molar-refractivity contribution in [2.24, 2.45) is 4.99 Å². The van der Waals surface area contributed by atoms with Gasteiger partial charge in [-0.25, -0.2) is 0 Å². The molecule has 1 aromatic rings. The molecular formula is C17H28IN3O2S. The summed E-state index contributed by atoms with van der Waals surface area (Å²) in [6.45, 7) is 5.19. The number of ether oxygens (including phenoxy) is 1. The summed E-state index contributed by atoms with van der Waals surface area (Å²) in [5.41, 5.74) is 0.533. The van der Waals surface area contributed by atoms with Gasteiger partial charge in [-0.1, -0.05) is 30.3 Å². The van der Waals surface area contributed by atoms with E-state index in [4.69, 9.17) is 4.74 Å². The summed E-state index contributed by atoms with van der Waals surface area (Å²) in [5, 5.41) is 16.8. The van der Waals surface area contributed by atoms with E-state index in [9.17, 15) is 5.11 Å². The van der Waals surface area contributed by atoms with Crippen LogP contribution in [0.2, 0.25) is 0 Å². The fourth-order valence-corrected chi connectivity index (χ4v) is 3.58. The average Bonchev–Trinajstić information content (AvgIpc) is 3.00. The standard InChI is InChI=1S/C17H27N3O2S.HI/c1-2-18-16(20-13-17(21)8-11-23-14-17)19-9-10-22-12-15-6-4-3-5-7-15;/h3-7,21H,2,8-14H2,1H3,(H2,18,19,20);1H. The summed E-state index contributed by atoms with van der Waals surface area (Å²) in [6.07, 6.45) is 0.820. The minimum absolute atomic E-state index is 0. The van der Waals surface area contributed by atoms with Gasteiger partial charge in [-0.05, 0) is 24.7 Å². The van der Waals surface area contributed by atoms with Gasteiger partial charge in [0.15, 0.2) is 5.96 Å². The van der Waals surface area contributed by atoms with E-state index < -0.39 is 5.60 Å². The number of thioether (sulfide) groups is 1. The first kappa shape index (κ1) is 21.5. The van der Waals surface area contributed by atoms with Crippen LogP contribution in [0.5, 0.6) is 0 Å². The van der Waals surface area contributed by atoms with E-state index in [-0.39, 0.29) is 24.0 Å². The smallest absolute Gasteiger partial charge is 0.191 e. The second kappa shape index (κ2) is 11.9. The van der Waals surface area contributed by atoms with Gasteiger partial charge in [0.1, 0.15) is 0 Å². The molecule has 1 aliphatic heterocycles. The number of halogens is 1. The topological polar surface area (TPSA) is 65.9 Å². The van der Waals surface area contributed by atoms with Crippen molar-refractivity contribution < 1.29 is 9.84 Å². The molecule has 1 fully saturated rings. The van der Waals surface area contributed by atoms with Crippen molar-refractivity contribution in [3.8, 4) is 0 Å². The lowest BCUT2D eigenvalue weighted by molar-refractivity contribution is 0.0778. The molecule has 1 aliphatic rings. The highest BCUT2D eigenvalue weighted by Crippen LogP contribution is 2.27. The number of guanidine groups is 1. The Morgan fingerprint density at radius 2 is 2.12 bits per heavy atom. The minimum Gasteiger partial charge on any atom is -0.387 e. The van der Waals surface area contributed by atoms with E-state index in [0.717, 1.165) is 30.4 Å². The zero-order valence-corrected chi connectivity index (χ0v) is 17.3. The number of hydrogen-bond donors (Lipinski definition) is 3. The van der Waals surface area contributed by atoms with E-state index in [1.54, 1.807) is 11.8 Å². The van der Waals surface area contributed by atoms with Gasteiger partial charge in [-0.15, -0.1) is 24.0 Å². The highest BCUT2D eigenvalue weighted by atomic mass is 127. The van der Waals surface area contributed by atoms with Crippen LogP contribution in [0.15, 0.2) is 35.3 Å². The fraction of sp³-hybridized carbons (Fsp3) is 0.588. The third kappa shape index (κ3) is 8.04. The van der Waals surface area contributed by atoms with Gasteiger partial charge in [0.2, 0.25) is 0 Å². The van der Waals surface area contributed by atoms with Gasteiger partial charge in [0.25, 0.3) is 0 Å². The van der Waals surface area contributed by atoms with Crippen LogP contribution in [-0.4, -0.2) is 54.4 Å². The van der Waals surface area contributed by atoms with Gasteiger partial charge < -0.3 is 20.5 Å². The van der Waals surface area contributed by atoms with Gasteiger partial charge in [0, 0.05) is 18.8 Å². The second-order valence-corrected chi connectivity index (χ2v) is 6.79. The number of nitrogens with zero attached hydrogens (tertiary/aromatic N) is 1. The molecule has 3 N–H and O–H groups in total. The number of aliphatic imine (C=N–C) groups is 1. The minimum atomic E-state index is -0.642. The first-order chi connectivity index (χ1) is 11.2. The number of benzene rings is 1. The Labute approximate surface area is 166 Å². The molecule has 0 aliphatic carbocycles. The van der Waals surface area contributed by atoms with Crippen LogP contribution in [0, 0.1) is 0 Å². The zero-order chi connectivity index (χ0) is 16.4. The van der Waals surface area contributed by atoms with Crippen LogP contribution in [0.25, 0.3) is 0 Å². The Bertz CT molecular complexity index is 482. The van der Waals surface area contributed by atoms with E-state index in [1.165, 1.54) is 5.56 Å². The maximum atomic E-state index is 10.3. The van der Waals surface area contributed by atoms with Crippen molar-refractivity contribution >= 4 is 41.7 Å². The number of aliphatic hydroxyl groups is 1. The highest BCUT2D eigenvalue weighted by Gasteiger charge is 2.31. The molecule has 7 heteroatoms. The molecule has 1 unspecified atom stereocenters. The molecule has 1 heterocycles. The van der Waals surface area contributed by atoms with Crippen LogP contribution in [0.4, 0.5) is 0 Å². The first-order valence-corrected chi connectivity index (χ1v) is 9.31. The van der Waals surface area contributed by atoms with Crippen molar-refractivity contribution in [2.75, 3.05) is 37.7 Å². The maximum absolute atomic E-state index is 10.3. The monoisotopic (exact) mass is 465 g/mol. The molecule has 1 saturated heterocycles. The summed E-state index contributed by atoms with van der Waals surface area (Å²) >= 11 is 1.79. The van der Waals surface area contributed by atoms with E-state index in [0.29, 0.717) is 26.3 Å². The van der Waals surface area contributed by atoms with Crippen molar-refractivity contribution in [1.82, 2.24) is 10.6 Å². The third-order valence-corrected chi connectivity index (χ3v) is 4.84. The molecule has 136 valence electrons. The van der Waals surface area contributed by atoms with Gasteiger partial charge >= 0.3 is 0 Å². The Morgan fingerprint density at radius 3 is 2.79 bits per heavy atom. The molecule has 2 rings (SSSR count). The van der Waals surface area contributed by atoms with Gasteiger partial charge in [-0.2, -0.15) is 11.8 Å². The Balaban J connectivity index is 0.00000288. The molecular weight excluding hydrogens is 437 g/mol. The van der Waals surface area contributed by atoms with Crippen LogP contribution in [0.3, 0.4) is 0 Å². The van der Waals surface area contributed by atoms with Crippen LogP contribution in [0.1, 0.15) is 18.9 Å². The predicted molar refractivity (Wildman–Crippen MR) is 112 cm³/mol. The molecule has 24 heavy (non-hydrogen) atoms. The van der Waals surface area contributed by atoms with Crippen molar-refractivity contribution in [3.63, 3.8) is 0 Å². The van der Waals surface area contributed by atoms with Crippen LogP contribution >= 0.6 is 35.7 Å². The molecule has 0 spiro atoms. The molecule has 0 amide bonds. The summed E-state index contributed by atoms with van der Waals surface area (Å²) in [4.78, 5) is 4.50. The van der Waals surface area contributed by atoms with Crippen LogP contribution < -0.4 is 10.6 Å². The Hall–Kier alpha value is -0.510. The van der Waals surface area contributed by atoms with E-state index in [2.05, 4.69) is 27.8 Å². The van der Waals surface area contributed by atoms with Gasteiger partial charge in [0.05, 0.1) is 25.4 Å². The van der Waals surface area contributed by atoms with Crippen molar-refractivity contribution in [2.45, 2.75) is 25.6 Å². The molecule has 0 aromatic heterocycles. The second-order valence-electron chi connectivity index (χ2n) is 5.69. The summed E-state index contributed by atoms with van der Waals surface area (Å²) in [6, 6.07) is 10.1. The zero-order valence-electron chi connectivity index (χ0n) is 14.2. The molecule has 0 bridgehead atoms. The molecule has 0 saturated carbocycles. The normalized spacial score (nSPS) is 20.5. The van der Waals surface area contributed by atoms with Crippen molar-refractivity contribution in [3.05, 3.63) is 35.9 Å².